The molecule has 0 atom stereocenters. The third-order valence-corrected chi connectivity index (χ3v) is 3.29. The highest BCUT2D eigenvalue weighted by Crippen LogP contribution is 2.20. The van der Waals surface area contributed by atoms with E-state index in [1.807, 2.05) is 30.3 Å². The molecule has 2 rings (SSSR count). The fourth-order valence-electron chi connectivity index (χ4n) is 1.74. The summed E-state index contributed by atoms with van der Waals surface area (Å²) in [6.07, 6.45) is 1.89. The molecule has 0 spiro atoms. The van der Waals surface area contributed by atoms with E-state index in [1.165, 1.54) is 0 Å². The predicted octanol–water partition coefficient (Wildman–Crippen LogP) is 4.37. The monoisotopic (exact) mass is 334 g/mol. The maximum absolute atomic E-state index is 4.50. The van der Waals surface area contributed by atoms with Crippen molar-refractivity contribution < 1.29 is 0 Å². The largest absolute Gasteiger partial charge is 0.370 e. The van der Waals surface area contributed by atoms with Crippen molar-refractivity contribution in [2.24, 2.45) is 0 Å². The quantitative estimate of drug-likeness (QED) is 0.823. The van der Waals surface area contributed by atoms with Gasteiger partial charge in [0.25, 0.3) is 0 Å². The number of rotatable bonds is 6. The first-order valence-electron chi connectivity index (χ1n) is 6.85. The molecule has 0 fully saturated rings. The second-order valence-corrected chi connectivity index (χ2v) is 5.38. The molecule has 20 heavy (non-hydrogen) atoms. The zero-order chi connectivity index (χ0) is 14.4. The molecule has 0 amide bonds. The van der Waals surface area contributed by atoms with Gasteiger partial charge in [0.2, 0.25) is 0 Å². The minimum atomic E-state index is 0.816. The van der Waals surface area contributed by atoms with Crippen LogP contribution >= 0.6 is 15.9 Å². The van der Waals surface area contributed by atoms with Crippen LogP contribution < -0.4 is 10.6 Å². The molecule has 0 aliphatic carbocycles. The van der Waals surface area contributed by atoms with Gasteiger partial charge in [0.1, 0.15) is 17.5 Å². The Hall–Kier alpha value is -1.62. The van der Waals surface area contributed by atoms with E-state index >= 15 is 0 Å². The molecule has 0 bridgehead atoms. The molecule has 2 N–H and O–H groups in total. The van der Waals surface area contributed by atoms with Crippen LogP contribution in [0.5, 0.6) is 0 Å². The van der Waals surface area contributed by atoms with Crippen LogP contribution in [-0.2, 0) is 6.42 Å². The van der Waals surface area contributed by atoms with E-state index in [9.17, 15) is 0 Å². The van der Waals surface area contributed by atoms with Gasteiger partial charge in [-0.3, -0.25) is 0 Å². The Morgan fingerprint density at radius 2 is 1.75 bits per heavy atom. The first-order chi connectivity index (χ1) is 9.71. The lowest BCUT2D eigenvalue weighted by Crippen LogP contribution is -2.06. The van der Waals surface area contributed by atoms with Crippen LogP contribution in [0.3, 0.4) is 0 Å². The van der Waals surface area contributed by atoms with Crippen molar-refractivity contribution in [2.45, 2.75) is 26.7 Å². The molecular formula is C15H19BrN4. The van der Waals surface area contributed by atoms with E-state index in [-0.39, 0.29) is 0 Å². The molecular weight excluding hydrogens is 316 g/mol. The summed E-state index contributed by atoms with van der Waals surface area (Å²) < 4.78 is 1.06. The first kappa shape index (κ1) is 14.8. The van der Waals surface area contributed by atoms with Crippen molar-refractivity contribution in [3.63, 3.8) is 0 Å². The minimum absolute atomic E-state index is 0.816. The highest BCUT2D eigenvalue weighted by Gasteiger charge is 2.03. The Bertz CT molecular complexity index is 554. The second kappa shape index (κ2) is 7.24. The fourth-order valence-corrected chi connectivity index (χ4v) is 2.01. The standard InChI is InChI=1S/C15H19BrN4/c1-3-9-17-14-10-15(20-13(4-2)19-14)18-12-7-5-11(16)6-8-12/h5-8,10H,3-4,9H2,1-2H3,(H2,17,18,19,20). The summed E-state index contributed by atoms with van der Waals surface area (Å²) >= 11 is 3.43. The number of halogens is 1. The Labute approximate surface area is 128 Å². The van der Waals surface area contributed by atoms with Gasteiger partial charge in [0, 0.05) is 29.2 Å². The highest BCUT2D eigenvalue weighted by atomic mass is 79.9. The van der Waals surface area contributed by atoms with Crippen molar-refractivity contribution in [3.05, 3.63) is 40.6 Å². The summed E-state index contributed by atoms with van der Waals surface area (Å²) in [6.45, 7) is 5.11. The van der Waals surface area contributed by atoms with Gasteiger partial charge >= 0.3 is 0 Å². The molecule has 0 saturated carbocycles. The molecule has 0 radical (unpaired) electrons. The van der Waals surface area contributed by atoms with Crippen LogP contribution in [0, 0.1) is 0 Å². The summed E-state index contributed by atoms with van der Waals surface area (Å²) in [7, 11) is 0. The predicted molar refractivity (Wildman–Crippen MR) is 87.6 cm³/mol. The molecule has 0 unspecified atom stereocenters. The van der Waals surface area contributed by atoms with E-state index in [1.54, 1.807) is 0 Å². The Kier molecular flexibility index (Phi) is 5.35. The zero-order valence-corrected chi connectivity index (χ0v) is 13.4. The normalized spacial score (nSPS) is 10.3. The number of benzene rings is 1. The smallest absolute Gasteiger partial charge is 0.136 e. The molecule has 0 aliphatic heterocycles. The zero-order valence-electron chi connectivity index (χ0n) is 11.8. The summed E-state index contributed by atoms with van der Waals surface area (Å²) in [6, 6.07) is 9.96. The van der Waals surface area contributed by atoms with Gasteiger partial charge < -0.3 is 10.6 Å². The number of nitrogens with zero attached hydrogens (tertiary/aromatic N) is 2. The van der Waals surface area contributed by atoms with Gasteiger partial charge in [-0.2, -0.15) is 0 Å². The third-order valence-electron chi connectivity index (χ3n) is 2.76. The molecule has 2 aromatic rings. The van der Waals surface area contributed by atoms with E-state index in [4.69, 9.17) is 0 Å². The van der Waals surface area contributed by atoms with Crippen molar-refractivity contribution in [3.8, 4) is 0 Å². The molecule has 4 nitrogen and oxygen atoms in total. The van der Waals surface area contributed by atoms with Gasteiger partial charge in [-0.1, -0.05) is 29.8 Å². The highest BCUT2D eigenvalue weighted by molar-refractivity contribution is 9.10. The van der Waals surface area contributed by atoms with Crippen LogP contribution in [-0.4, -0.2) is 16.5 Å². The Morgan fingerprint density at radius 1 is 1.05 bits per heavy atom. The number of hydrogen-bond acceptors (Lipinski definition) is 4. The molecule has 0 saturated heterocycles. The van der Waals surface area contributed by atoms with E-state index in [0.29, 0.717) is 0 Å². The lowest BCUT2D eigenvalue weighted by molar-refractivity contribution is 0.919. The lowest BCUT2D eigenvalue weighted by Gasteiger charge is -2.10. The van der Waals surface area contributed by atoms with Crippen molar-refractivity contribution in [1.82, 2.24) is 9.97 Å². The number of anilines is 3. The van der Waals surface area contributed by atoms with Crippen LogP contribution in [0.4, 0.5) is 17.3 Å². The maximum Gasteiger partial charge on any atom is 0.136 e. The molecule has 5 heteroatoms. The summed E-state index contributed by atoms with van der Waals surface area (Å²) in [5.74, 6) is 2.53. The third kappa shape index (κ3) is 4.20. The molecule has 0 aliphatic rings. The fraction of sp³-hybridized carbons (Fsp3) is 0.333. The van der Waals surface area contributed by atoms with Crippen molar-refractivity contribution in [1.29, 1.82) is 0 Å². The van der Waals surface area contributed by atoms with Gasteiger partial charge in [0.15, 0.2) is 0 Å². The van der Waals surface area contributed by atoms with Gasteiger partial charge in [-0.25, -0.2) is 9.97 Å². The Balaban J connectivity index is 2.19. The lowest BCUT2D eigenvalue weighted by atomic mass is 10.3. The van der Waals surface area contributed by atoms with E-state index in [0.717, 1.165) is 47.0 Å². The van der Waals surface area contributed by atoms with Crippen molar-refractivity contribution >= 4 is 33.3 Å². The number of nitrogens with one attached hydrogen (secondary N) is 2. The summed E-state index contributed by atoms with van der Waals surface area (Å²) in [4.78, 5) is 8.98. The first-order valence-corrected chi connectivity index (χ1v) is 7.65. The van der Waals surface area contributed by atoms with E-state index in [2.05, 4.69) is 50.4 Å². The average Bonchev–Trinajstić information content (AvgIpc) is 2.47. The van der Waals surface area contributed by atoms with Crippen LogP contribution in [0.25, 0.3) is 0 Å². The minimum Gasteiger partial charge on any atom is -0.370 e. The Morgan fingerprint density at radius 3 is 2.40 bits per heavy atom. The average molecular weight is 335 g/mol. The second-order valence-electron chi connectivity index (χ2n) is 4.47. The topological polar surface area (TPSA) is 49.8 Å². The van der Waals surface area contributed by atoms with Crippen LogP contribution in [0.1, 0.15) is 26.1 Å². The number of aromatic nitrogens is 2. The number of hydrogen-bond donors (Lipinski definition) is 2. The van der Waals surface area contributed by atoms with Crippen LogP contribution in [0.15, 0.2) is 34.8 Å². The molecule has 1 aromatic heterocycles. The van der Waals surface area contributed by atoms with Crippen LogP contribution in [0.2, 0.25) is 0 Å². The SMILES string of the molecule is CCCNc1cc(Nc2ccc(Br)cc2)nc(CC)n1. The van der Waals surface area contributed by atoms with Gasteiger partial charge in [-0.15, -0.1) is 0 Å². The van der Waals surface area contributed by atoms with Gasteiger partial charge in [0.05, 0.1) is 0 Å². The molecule has 106 valence electrons. The summed E-state index contributed by atoms with van der Waals surface area (Å²) in [5, 5.41) is 6.62. The van der Waals surface area contributed by atoms with E-state index < -0.39 is 0 Å². The molecule has 1 heterocycles. The van der Waals surface area contributed by atoms with Crippen molar-refractivity contribution in [2.75, 3.05) is 17.2 Å². The molecule has 1 aromatic carbocycles. The number of aryl methyl sites for hydroxylation is 1. The summed E-state index contributed by atoms with van der Waals surface area (Å²) in [5.41, 5.74) is 1.01. The van der Waals surface area contributed by atoms with Gasteiger partial charge in [-0.05, 0) is 30.7 Å². The maximum atomic E-state index is 4.50.